The average Bonchev–Trinajstić information content (AvgIpc) is 3.52. The highest BCUT2D eigenvalue weighted by molar-refractivity contribution is 6.35. The molecule has 0 aliphatic heterocycles. The second-order valence-corrected chi connectivity index (χ2v) is 13.0. The van der Waals surface area contributed by atoms with E-state index in [9.17, 15) is 0 Å². The maximum atomic E-state index is 4.92. The van der Waals surface area contributed by atoms with Gasteiger partial charge in [-0.25, -0.2) is 15.0 Å². The third-order valence-electron chi connectivity index (χ3n) is 9.23. The molecular formula is C45H29AlN4. The minimum atomic E-state index is 0.646. The Bertz CT molecular complexity index is 2570. The maximum Gasteiger partial charge on any atom is 0.179 e. The van der Waals surface area contributed by atoms with Gasteiger partial charge in [-0.1, -0.05) is 146 Å². The van der Waals surface area contributed by atoms with Crippen LogP contribution in [0.2, 0.25) is 0 Å². The summed E-state index contributed by atoms with van der Waals surface area (Å²) < 4.78 is 3.53. The van der Waals surface area contributed by atoms with Crippen molar-refractivity contribution in [2.75, 3.05) is 0 Å². The molecular weight excluding hydrogens is 624 g/mol. The van der Waals surface area contributed by atoms with Crippen molar-refractivity contribution < 1.29 is 0 Å². The Labute approximate surface area is 298 Å². The number of rotatable bonds is 6. The van der Waals surface area contributed by atoms with Crippen molar-refractivity contribution in [2.45, 2.75) is 0 Å². The lowest BCUT2D eigenvalue weighted by atomic mass is 9.99. The standard InChI is InChI=1S/C45H29N4.Al/c1-5-13-31(14-6-1)36-25-27-41-39(29-36)40-30-37(26-28-42(40)49(41)38-19-11-4-12-20-38)32-21-23-35(24-22-32)45-47-43(33-15-7-2-8-16-33)46-44(48-45)34-17-9-3-10-18-34;/h1-19,21-30H;. The SMILES string of the molecule is [Al][c]1ccccc1-n1c2ccc(-c3ccccc3)cc2c2cc(-c3ccc(-c4nc(-c5ccccc5)nc(-c5ccccc5)n4)cc3)ccc21. The van der Waals surface area contributed by atoms with E-state index < -0.39 is 0 Å². The predicted molar refractivity (Wildman–Crippen MR) is 207 cm³/mol. The molecule has 2 radical (unpaired) electrons. The summed E-state index contributed by atoms with van der Waals surface area (Å²) in [4.78, 5) is 14.7. The Balaban J connectivity index is 1.16. The third-order valence-corrected chi connectivity index (χ3v) is 9.71. The van der Waals surface area contributed by atoms with Crippen molar-refractivity contribution in [2.24, 2.45) is 0 Å². The molecule has 0 atom stereocenters. The van der Waals surface area contributed by atoms with Crippen molar-refractivity contribution in [3.63, 3.8) is 0 Å². The van der Waals surface area contributed by atoms with Gasteiger partial charge in [0.2, 0.25) is 0 Å². The van der Waals surface area contributed by atoms with Crippen LogP contribution in [0.1, 0.15) is 0 Å². The molecule has 0 aliphatic rings. The Kier molecular flexibility index (Phi) is 7.63. The topological polar surface area (TPSA) is 43.6 Å². The van der Waals surface area contributed by atoms with Gasteiger partial charge in [-0.15, -0.1) is 4.43 Å². The van der Waals surface area contributed by atoms with Crippen molar-refractivity contribution in [3.05, 3.63) is 176 Å². The molecule has 0 bridgehead atoms. The zero-order chi connectivity index (χ0) is 33.4. The molecule has 9 rings (SSSR count). The first-order valence-corrected chi connectivity index (χ1v) is 17.2. The molecule has 0 spiro atoms. The molecule has 7 aromatic carbocycles. The minimum Gasteiger partial charge on any atom is -0.311 e. The second kappa shape index (κ2) is 12.7. The fourth-order valence-electron chi connectivity index (χ4n) is 6.71. The number of hydrogen-bond acceptors (Lipinski definition) is 3. The molecule has 0 saturated carbocycles. The highest BCUT2D eigenvalue weighted by Gasteiger charge is 2.16. The highest BCUT2D eigenvalue weighted by Crippen LogP contribution is 2.37. The van der Waals surface area contributed by atoms with Crippen molar-refractivity contribution >= 4 is 42.5 Å². The summed E-state index contributed by atoms with van der Waals surface area (Å²) in [5.74, 6) is 1.96. The Morgan fingerprint density at radius 1 is 0.340 bits per heavy atom. The number of fused-ring (bicyclic) bond motifs is 3. The summed E-state index contributed by atoms with van der Waals surface area (Å²) in [6, 6.07) is 61.4. The van der Waals surface area contributed by atoms with E-state index >= 15 is 0 Å². The number of benzene rings is 7. The van der Waals surface area contributed by atoms with Gasteiger partial charge in [-0.2, -0.15) is 0 Å². The lowest BCUT2D eigenvalue weighted by Crippen LogP contribution is -2.11. The van der Waals surface area contributed by atoms with Crippen molar-refractivity contribution in [3.8, 4) is 62.1 Å². The number of nitrogens with zero attached hydrogens (tertiary/aromatic N) is 4. The molecule has 0 amide bonds. The zero-order valence-electron chi connectivity index (χ0n) is 27.1. The predicted octanol–water partition coefficient (Wildman–Crippen LogP) is 10.1. The van der Waals surface area contributed by atoms with E-state index in [-0.39, 0.29) is 0 Å². The molecule has 0 saturated heterocycles. The molecule has 50 heavy (non-hydrogen) atoms. The third kappa shape index (κ3) is 5.49. The Morgan fingerprint density at radius 2 is 0.700 bits per heavy atom. The van der Waals surface area contributed by atoms with Crippen LogP contribution in [0.15, 0.2) is 176 Å². The van der Waals surface area contributed by atoms with Crippen LogP contribution in [0.5, 0.6) is 0 Å². The number of hydrogen-bond donors (Lipinski definition) is 0. The lowest BCUT2D eigenvalue weighted by Gasteiger charge is -2.12. The van der Waals surface area contributed by atoms with E-state index in [1.54, 1.807) is 0 Å². The zero-order valence-corrected chi connectivity index (χ0v) is 28.3. The quantitative estimate of drug-likeness (QED) is 0.168. The molecule has 0 unspecified atom stereocenters. The maximum absolute atomic E-state index is 4.92. The smallest absolute Gasteiger partial charge is 0.179 e. The molecule has 0 fully saturated rings. The van der Waals surface area contributed by atoms with E-state index in [0.29, 0.717) is 17.5 Å². The Hall–Kier alpha value is -6.12. The molecule has 0 N–H and O–H groups in total. The molecule has 5 heteroatoms. The fraction of sp³-hybridized carbons (Fsp3) is 0. The van der Waals surface area contributed by atoms with Crippen LogP contribution in [-0.4, -0.2) is 35.8 Å². The van der Waals surface area contributed by atoms with Crippen LogP contribution in [-0.2, 0) is 0 Å². The number of aromatic nitrogens is 4. The highest BCUT2D eigenvalue weighted by atomic mass is 27.0. The first kappa shape index (κ1) is 30.0. The van der Waals surface area contributed by atoms with Gasteiger partial charge in [-0.05, 0) is 52.6 Å². The summed E-state index contributed by atoms with van der Waals surface area (Å²) in [5.41, 5.74) is 11.0. The van der Waals surface area contributed by atoms with Gasteiger partial charge in [-0.3, -0.25) is 0 Å². The minimum absolute atomic E-state index is 0.646. The van der Waals surface area contributed by atoms with E-state index in [4.69, 9.17) is 15.0 Å². The van der Waals surface area contributed by atoms with Crippen LogP contribution < -0.4 is 4.43 Å². The van der Waals surface area contributed by atoms with Crippen LogP contribution in [0, 0.1) is 0 Å². The lowest BCUT2D eigenvalue weighted by molar-refractivity contribution is 1.07. The normalized spacial score (nSPS) is 11.3. The molecule has 2 heterocycles. The van der Waals surface area contributed by atoms with Gasteiger partial charge < -0.3 is 4.57 Å². The summed E-state index contributed by atoms with van der Waals surface area (Å²) in [5, 5.41) is 2.44. The molecule has 4 nitrogen and oxygen atoms in total. The van der Waals surface area contributed by atoms with Crippen LogP contribution in [0.4, 0.5) is 0 Å². The summed E-state index contributed by atoms with van der Waals surface area (Å²) >= 11 is 2.91. The van der Waals surface area contributed by atoms with E-state index in [1.165, 1.54) is 32.9 Å². The van der Waals surface area contributed by atoms with Gasteiger partial charge in [0.1, 0.15) is 0 Å². The number of para-hydroxylation sites is 1. The van der Waals surface area contributed by atoms with Crippen molar-refractivity contribution in [1.29, 1.82) is 0 Å². The molecule has 9 aromatic rings. The fourth-order valence-corrected chi connectivity index (χ4v) is 7.05. The summed E-state index contributed by atoms with van der Waals surface area (Å²) in [6.45, 7) is 0. The van der Waals surface area contributed by atoms with Gasteiger partial charge >= 0.3 is 0 Å². The van der Waals surface area contributed by atoms with E-state index in [1.807, 2.05) is 60.7 Å². The summed E-state index contributed by atoms with van der Waals surface area (Å²) in [7, 11) is 0. The van der Waals surface area contributed by atoms with Gasteiger partial charge in [0.25, 0.3) is 0 Å². The van der Waals surface area contributed by atoms with Crippen molar-refractivity contribution in [1.82, 2.24) is 19.5 Å². The van der Waals surface area contributed by atoms with Crippen LogP contribution >= 0.6 is 0 Å². The van der Waals surface area contributed by atoms with Gasteiger partial charge in [0, 0.05) is 33.2 Å². The second-order valence-electron chi connectivity index (χ2n) is 12.3. The largest absolute Gasteiger partial charge is 0.311 e. The average molecular weight is 653 g/mol. The summed E-state index contributed by atoms with van der Waals surface area (Å²) in [6.07, 6.45) is 0. The molecule has 0 aliphatic carbocycles. The van der Waals surface area contributed by atoms with Crippen LogP contribution in [0.3, 0.4) is 0 Å². The first-order chi connectivity index (χ1) is 24.7. The van der Waals surface area contributed by atoms with E-state index in [2.05, 4.69) is 136 Å². The monoisotopic (exact) mass is 652 g/mol. The van der Waals surface area contributed by atoms with Crippen LogP contribution in [0.25, 0.3) is 83.9 Å². The van der Waals surface area contributed by atoms with E-state index in [0.717, 1.165) is 37.9 Å². The first-order valence-electron chi connectivity index (χ1n) is 16.7. The van der Waals surface area contributed by atoms with Gasteiger partial charge in [0.15, 0.2) is 33.8 Å². The Morgan fingerprint density at radius 3 is 1.18 bits per heavy atom. The van der Waals surface area contributed by atoms with Gasteiger partial charge in [0.05, 0.1) is 11.0 Å². The molecule has 232 valence electrons. The molecule has 2 aromatic heterocycles.